The lowest BCUT2D eigenvalue weighted by Gasteiger charge is -2.06. The minimum absolute atomic E-state index is 0.0988. The number of aromatic nitrogens is 2. The van der Waals surface area contributed by atoms with Gasteiger partial charge in [0.15, 0.2) is 17.4 Å². The molecule has 1 heterocycles. The van der Waals surface area contributed by atoms with Crippen LogP contribution in [-0.4, -0.2) is 15.1 Å². The van der Waals surface area contributed by atoms with Crippen LogP contribution < -0.4 is 4.74 Å². The molecule has 2 aromatic rings. The maximum Gasteiger partial charge on any atom is 0.214 e. The lowest BCUT2D eigenvalue weighted by molar-refractivity contribution is 0.278. The topological polar surface area (TPSA) is 55.2 Å². The highest BCUT2D eigenvalue weighted by Crippen LogP contribution is 2.18. The van der Waals surface area contributed by atoms with E-state index in [9.17, 15) is 8.78 Å². The summed E-state index contributed by atoms with van der Waals surface area (Å²) in [7, 11) is 0. The van der Waals surface area contributed by atoms with Crippen LogP contribution in [0.15, 0.2) is 30.5 Å². The number of aromatic hydroxyl groups is 1. The number of benzene rings is 1. The van der Waals surface area contributed by atoms with Gasteiger partial charge < -0.3 is 9.84 Å². The van der Waals surface area contributed by atoms with Gasteiger partial charge in [0.05, 0.1) is 0 Å². The molecule has 0 bridgehead atoms. The summed E-state index contributed by atoms with van der Waals surface area (Å²) in [5.74, 6) is -1.57. The highest BCUT2D eigenvalue weighted by atomic mass is 19.1. The Kier molecular flexibility index (Phi) is 3.13. The van der Waals surface area contributed by atoms with E-state index in [2.05, 4.69) is 9.97 Å². The van der Waals surface area contributed by atoms with Gasteiger partial charge in [0, 0.05) is 18.3 Å². The van der Waals surface area contributed by atoms with Gasteiger partial charge in [0.1, 0.15) is 12.4 Å². The first-order valence-electron chi connectivity index (χ1n) is 4.74. The number of hydrogen-bond acceptors (Lipinski definition) is 4. The van der Waals surface area contributed by atoms with Crippen LogP contribution in [0.25, 0.3) is 0 Å². The van der Waals surface area contributed by atoms with Crippen molar-refractivity contribution in [2.45, 2.75) is 6.61 Å². The molecule has 17 heavy (non-hydrogen) atoms. The average Bonchev–Trinajstić information content (AvgIpc) is 2.28. The maximum absolute atomic E-state index is 13.2. The van der Waals surface area contributed by atoms with Crippen LogP contribution in [0.3, 0.4) is 0 Å². The maximum atomic E-state index is 13.2. The number of ether oxygens (including phenoxy) is 1. The molecule has 0 fully saturated rings. The summed E-state index contributed by atoms with van der Waals surface area (Å²) in [6.07, 6.45) is 1.35. The molecule has 1 aromatic carbocycles. The molecule has 0 aliphatic heterocycles. The van der Waals surface area contributed by atoms with E-state index in [1.807, 2.05) is 0 Å². The van der Waals surface area contributed by atoms with Crippen molar-refractivity contribution < 1.29 is 18.6 Å². The predicted octanol–water partition coefficient (Wildman–Crippen LogP) is 2.04. The summed E-state index contributed by atoms with van der Waals surface area (Å²) < 4.78 is 30.8. The molecule has 1 aromatic heterocycles. The largest absolute Gasteiger partial charge is 0.493 e. The molecular formula is C11H8F2N2O2. The monoisotopic (exact) mass is 238 g/mol. The van der Waals surface area contributed by atoms with Gasteiger partial charge in [-0.1, -0.05) is 0 Å². The number of hydrogen-bond donors (Lipinski definition) is 1. The molecule has 0 saturated heterocycles. The molecule has 0 amide bonds. The van der Waals surface area contributed by atoms with E-state index in [0.717, 1.165) is 12.1 Å². The summed E-state index contributed by atoms with van der Waals surface area (Å²) in [4.78, 5) is 7.47. The fourth-order valence-electron chi connectivity index (χ4n) is 1.19. The molecule has 0 aliphatic carbocycles. The first-order chi connectivity index (χ1) is 8.15. The van der Waals surface area contributed by atoms with Crippen molar-refractivity contribution in [2.24, 2.45) is 0 Å². The van der Waals surface area contributed by atoms with E-state index in [-0.39, 0.29) is 24.1 Å². The minimum atomic E-state index is -0.801. The highest BCUT2D eigenvalue weighted by Gasteiger charge is 2.06. The summed E-state index contributed by atoms with van der Waals surface area (Å²) >= 11 is 0. The average molecular weight is 238 g/mol. The normalized spacial score (nSPS) is 10.2. The quantitative estimate of drug-likeness (QED) is 0.889. The summed E-state index contributed by atoms with van der Waals surface area (Å²) in [5.41, 5.74) is 0. The third kappa shape index (κ3) is 2.87. The molecule has 6 heteroatoms. The van der Waals surface area contributed by atoms with Gasteiger partial charge in [0.2, 0.25) is 5.88 Å². The van der Waals surface area contributed by atoms with E-state index in [1.54, 1.807) is 0 Å². The standard InChI is InChI=1S/C11H8F2N2O2/c12-7-1-2-9(8(13)5-7)17-6-10-14-4-3-11(16)15-10/h1-5H,6H2,(H,14,15,16). The lowest BCUT2D eigenvalue weighted by Crippen LogP contribution is -2.02. The van der Waals surface area contributed by atoms with Crippen molar-refractivity contribution in [3.8, 4) is 11.6 Å². The number of rotatable bonds is 3. The van der Waals surface area contributed by atoms with Crippen LogP contribution in [0, 0.1) is 11.6 Å². The Morgan fingerprint density at radius 2 is 2.06 bits per heavy atom. The molecule has 0 atom stereocenters. The van der Waals surface area contributed by atoms with Crippen molar-refractivity contribution in [3.05, 3.63) is 47.9 Å². The van der Waals surface area contributed by atoms with Crippen molar-refractivity contribution in [3.63, 3.8) is 0 Å². The van der Waals surface area contributed by atoms with Gasteiger partial charge in [-0.3, -0.25) is 0 Å². The molecule has 0 unspecified atom stereocenters. The zero-order chi connectivity index (χ0) is 12.3. The third-order valence-corrected chi connectivity index (χ3v) is 1.94. The van der Waals surface area contributed by atoms with Gasteiger partial charge in [-0.2, -0.15) is 4.98 Å². The van der Waals surface area contributed by atoms with E-state index in [1.165, 1.54) is 18.3 Å². The Morgan fingerprint density at radius 3 is 2.76 bits per heavy atom. The fourth-order valence-corrected chi connectivity index (χ4v) is 1.19. The smallest absolute Gasteiger partial charge is 0.214 e. The summed E-state index contributed by atoms with van der Waals surface area (Å²) in [6.45, 7) is -0.114. The molecule has 88 valence electrons. The SMILES string of the molecule is Oc1ccnc(COc2ccc(F)cc2F)n1. The number of nitrogens with zero attached hydrogens (tertiary/aromatic N) is 2. The molecule has 0 saturated carbocycles. The van der Waals surface area contributed by atoms with Crippen molar-refractivity contribution in [2.75, 3.05) is 0 Å². The van der Waals surface area contributed by atoms with Gasteiger partial charge in [-0.05, 0) is 12.1 Å². The van der Waals surface area contributed by atoms with E-state index in [0.29, 0.717) is 0 Å². The Labute approximate surface area is 95.5 Å². The van der Waals surface area contributed by atoms with Crippen LogP contribution in [-0.2, 0) is 6.61 Å². The Balaban J connectivity index is 2.07. The van der Waals surface area contributed by atoms with Gasteiger partial charge in [-0.25, -0.2) is 13.8 Å². The van der Waals surface area contributed by atoms with Crippen LogP contribution >= 0.6 is 0 Å². The Bertz CT molecular complexity index is 535. The Morgan fingerprint density at radius 1 is 1.24 bits per heavy atom. The molecular weight excluding hydrogens is 230 g/mol. The molecule has 1 N–H and O–H groups in total. The number of halogens is 2. The predicted molar refractivity (Wildman–Crippen MR) is 54.4 cm³/mol. The van der Waals surface area contributed by atoms with E-state index in [4.69, 9.17) is 9.84 Å². The van der Waals surface area contributed by atoms with Crippen molar-refractivity contribution >= 4 is 0 Å². The second-order valence-electron chi connectivity index (χ2n) is 3.19. The molecule has 0 radical (unpaired) electrons. The van der Waals surface area contributed by atoms with Crippen LogP contribution in [0.5, 0.6) is 11.6 Å². The lowest BCUT2D eigenvalue weighted by atomic mass is 10.3. The van der Waals surface area contributed by atoms with Crippen molar-refractivity contribution in [1.29, 1.82) is 0 Å². The van der Waals surface area contributed by atoms with E-state index < -0.39 is 11.6 Å². The van der Waals surface area contributed by atoms with Crippen LogP contribution in [0.1, 0.15) is 5.82 Å². The van der Waals surface area contributed by atoms with Gasteiger partial charge in [0.25, 0.3) is 0 Å². The van der Waals surface area contributed by atoms with Crippen LogP contribution in [0.2, 0.25) is 0 Å². The van der Waals surface area contributed by atoms with Gasteiger partial charge in [-0.15, -0.1) is 0 Å². The zero-order valence-electron chi connectivity index (χ0n) is 8.60. The Hall–Kier alpha value is -2.24. The second-order valence-corrected chi connectivity index (χ2v) is 3.19. The fraction of sp³-hybridized carbons (Fsp3) is 0.0909. The summed E-state index contributed by atoms with van der Waals surface area (Å²) in [5, 5.41) is 9.07. The molecule has 2 rings (SSSR count). The first kappa shape index (κ1) is 11.3. The third-order valence-electron chi connectivity index (χ3n) is 1.94. The minimum Gasteiger partial charge on any atom is -0.493 e. The molecule has 0 spiro atoms. The van der Waals surface area contributed by atoms with E-state index >= 15 is 0 Å². The first-order valence-corrected chi connectivity index (χ1v) is 4.74. The van der Waals surface area contributed by atoms with Gasteiger partial charge >= 0.3 is 0 Å². The molecule has 4 nitrogen and oxygen atoms in total. The second kappa shape index (κ2) is 4.73. The van der Waals surface area contributed by atoms with Crippen LogP contribution in [0.4, 0.5) is 8.78 Å². The highest BCUT2D eigenvalue weighted by molar-refractivity contribution is 5.24. The zero-order valence-corrected chi connectivity index (χ0v) is 8.60. The molecule has 0 aliphatic rings. The van der Waals surface area contributed by atoms with Crippen molar-refractivity contribution in [1.82, 2.24) is 9.97 Å². The summed E-state index contributed by atoms with van der Waals surface area (Å²) in [6, 6.07) is 4.29.